The lowest BCUT2D eigenvalue weighted by Crippen LogP contribution is -2.68. The zero-order chi connectivity index (χ0) is 20.7. The lowest BCUT2D eigenvalue weighted by atomic mass is 9.46. The van der Waals surface area contributed by atoms with E-state index in [1.54, 1.807) is 6.08 Å². The Kier molecular flexibility index (Phi) is 4.35. The van der Waals surface area contributed by atoms with Crippen LogP contribution in [0.4, 0.5) is 0 Å². The van der Waals surface area contributed by atoms with Gasteiger partial charge in [-0.15, -0.1) is 11.6 Å². The fourth-order valence-electron chi connectivity index (χ4n) is 7.07. The van der Waals surface area contributed by atoms with Crippen molar-refractivity contribution in [2.24, 2.45) is 28.6 Å². The maximum Gasteiger partial charge on any atom is 0.190 e. The van der Waals surface area contributed by atoms with Gasteiger partial charge in [0.25, 0.3) is 0 Å². The second-order valence-corrected chi connectivity index (χ2v) is 10.4. The third-order valence-corrected chi connectivity index (χ3v) is 9.67. The minimum Gasteiger partial charge on any atom is -0.391 e. The molecule has 2 saturated carbocycles. The Morgan fingerprint density at radius 1 is 1.36 bits per heavy atom. The monoisotopic (exact) mass is 408 g/mol. The molecule has 0 aromatic carbocycles. The molecule has 4 aliphatic carbocycles. The van der Waals surface area contributed by atoms with E-state index in [4.69, 9.17) is 11.6 Å². The van der Waals surface area contributed by atoms with E-state index in [0.717, 1.165) is 5.57 Å². The summed E-state index contributed by atoms with van der Waals surface area (Å²) < 4.78 is 0. The molecule has 3 N–H and O–H groups in total. The minimum absolute atomic E-state index is 0.0726. The summed E-state index contributed by atoms with van der Waals surface area (Å²) in [6.07, 6.45) is 6.31. The van der Waals surface area contributed by atoms with Crippen molar-refractivity contribution in [1.29, 1.82) is 0 Å². The van der Waals surface area contributed by atoms with Crippen molar-refractivity contribution in [3.8, 4) is 0 Å². The second kappa shape index (κ2) is 6.00. The summed E-state index contributed by atoms with van der Waals surface area (Å²) in [4.78, 5) is 23.6. The highest BCUT2D eigenvalue weighted by Gasteiger charge is 2.74. The van der Waals surface area contributed by atoms with Crippen LogP contribution in [0.5, 0.6) is 0 Å². The predicted molar refractivity (Wildman–Crippen MR) is 105 cm³/mol. The highest BCUT2D eigenvalue weighted by Crippen LogP contribution is 2.70. The molecule has 0 bridgehead atoms. The van der Waals surface area contributed by atoms with Gasteiger partial charge in [0.2, 0.25) is 0 Å². The molecule has 28 heavy (non-hydrogen) atoms. The van der Waals surface area contributed by atoms with Crippen LogP contribution in [0.2, 0.25) is 0 Å². The standard InChI is InChI=1S/C22H29ClO5/c1-12-8-16-15-5-4-13-9-14(25)6-7-19(13,2)21(15,23)17(26)10-20(16,3)22(12,28)18(27)11-24/h4-5,9,12,15-17,24,26,28H,6-8,10-11H2,1-3H3/t12-,15-,16-,17-,19-,20-,21-,22-/m0/s1. The number of ketones is 2. The number of Topliss-reactive ketones (excluding diaryl/α,β-unsaturated/α-hetero) is 1. The summed E-state index contributed by atoms with van der Waals surface area (Å²) in [7, 11) is 0. The van der Waals surface area contributed by atoms with E-state index in [2.05, 4.69) is 0 Å². The molecule has 0 saturated heterocycles. The molecule has 6 heteroatoms. The summed E-state index contributed by atoms with van der Waals surface area (Å²) in [5, 5.41) is 32.3. The van der Waals surface area contributed by atoms with Crippen LogP contribution in [0.1, 0.15) is 46.5 Å². The molecule has 0 radical (unpaired) electrons. The van der Waals surface area contributed by atoms with Crippen LogP contribution in [-0.2, 0) is 9.59 Å². The van der Waals surface area contributed by atoms with E-state index < -0.39 is 39.8 Å². The fraction of sp³-hybridized carbons (Fsp3) is 0.727. The van der Waals surface area contributed by atoms with Gasteiger partial charge < -0.3 is 15.3 Å². The molecule has 5 nitrogen and oxygen atoms in total. The second-order valence-electron chi connectivity index (χ2n) is 9.78. The number of carbonyl (C=O) groups excluding carboxylic acids is 2. The number of hydrogen-bond donors (Lipinski definition) is 3. The quantitative estimate of drug-likeness (QED) is 0.608. The molecular formula is C22H29ClO5. The first kappa shape index (κ1) is 20.3. The van der Waals surface area contributed by atoms with Gasteiger partial charge in [-0.05, 0) is 42.7 Å². The van der Waals surface area contributed by atoms with Crippen LogP contribution in [0, 0.1) is 28.6 Å². The summed E-state index contributed by atoms with van der Waals surface area (Å²) in [5.41, 5.74) is -2.29. The maximum atomic E-state index is 12.6. The Morgan fingerprint density at radius 3 is 2.68 bits per heavy atom. The molecule has 0 unspecified atom stereocenters. The number of allylic oxidation sites excluding steroid dienone is 4. The van der Waals surface area contributed by atoms with Crippen molar-refractivity contribution >= 4 is 23.2 Å². The predicted octanol–water partition coefficient (Wildman–Crippen LogP) is 2.17. The van der Waals surface area contributed by atoms with Gasteiger partial charge in [0, 0.05) is 23.2 Å². The number of hydrogen-bond acceptors (Lipinski definition) is 5. The van der Waals surface area contributed by atoms with Gasteiger partial charge in [0.15, 0.2) is 11.6 Å². The molecule has 8 atom stereocenters. The molecule has 4 aliphatic rings. The van der Waals surface area contributed by atoms with Gasteiger partial charge in [-0.2, -0.15) is 0 Å². The molecule has 0 heterocycles. The molecule has 4 rings (SSSR count). The number of aliphatic hydroxyl groups is 3. The topological polar surface area (TPSA) is 94.8 Å². The fourth-order valence-corrected chi connectivity index (χ4v) is 7.58. The summed E-state index contributed by atoms with van der Waals surface area (Å²) in [6.45, 7) is 4.97. The zero-order valence-corrected chi connectivity index (χ0v) is 17.4. The molecule has 2 fully saturated rings. The maximum absolute atomic E-state index is 12.6. The molecule has 0 amide bonds. The third kappa shape index (κ3) is 2.09. The van der Waals surface area contributed by atoms with Crippen LogP contribution < -0.4 is 0 Å². The third-order valence-electron chi connectivity index (χ3n) is 8.75. The number of aliphatic hydroxyl groups excluding tert-OH is 2. The van der Waals surface area contributed by atoms with Crippen molar-refractivity contribution in [2.75, 3.05) is 6.61 Å². The summed E-state index contributed by atoms with van der Waals surface area (Å²) >= 11 is 7.30. The Labute approximate surface area is 170 Å². The lowest BCUT2D eigenvalue weighted by Gasteiger charge is -2.63. The van der Waals surface area contributed by atoms with Gasteiger partial charge in [-0.25, -0.2) is 0 Å². The van der Waals surface area contributed by atoms with Gasteiger partial charge in [-0.3, -0.25) is 9.59 Å². The van der Waals surface area contributed by atoms with Crippen LogP contribution in [0.15, 0.2) is 23.8 Å². The SMILES string of the molecule is C[C@H]1C[C@H]2[C@@H]3C=CC4=CC(=O)CC[C@]4(C)[C@@]3(Cl)[C@@H](O)C[C@]2(C)[C@@]1(O)C(=O)CO. The van der Waals surface area contributed by atoms with E-state index in [-0.39, 0.29) is 30.0 Å². The highest BCUT2D eigenvalue weighted by atomic mass is 35.5. The Balaban J connectivity index is 1.87. The van der Waals surface area contributed by atoms with Gasteiger partial charge in [0.05, 0.1) is 11.0 Å². The van der Waals surface area contributed by atoms with Crippen LogP contribution in [-0.4, -0.2) is 50.1 Å². The first-order valence-electron chi connectivity index (χ1n) is 10.1. The molecule has 0 aromatic heterocycles. The van der Waals surface area contributed by atoms with E-state index in [1.165, 1.54) is 0 Å². The molecule has 154 valence electrons. The number of carbonyl (C=O) groups is 2. The molecule has 0 aromatic rings. The lowest BCUT2D eigenvalue weighted by molar-refractivity contribution is -0.176. The molecular weight excluding hydrogens is 380 g/mol. The highest BCUT2D eigenvalue weighted by molar-refractivity contribution is 6.26. The number of halogens is 1. The van der Waals surface area contributed by atoms with Crippen molar-refractivity contribution in [1.82, 2.24) is 0 Å². The molecule has 0 aliphatic heterocycles. The Bertz CT molecular complexity index is 805. The Hall–Kier alpha value is -1.01. The summed E-state index contributed by atoms with van der Waals surface area (Å²) in [6, 6.07) is 0. The van der Waals surface area contributed by atoms with Crippen molar-refractivity contribution in [2.45, 2.75) is 63.0 Å². The molecule has 0 spiro atoms. The van der Waals surface area contributed by atoms with E-state index in [0.29, 0.717) is 19.3 Å². The van der Waals surface area contributed by atoms with Crippen LogP contribution in [0.3, 0.4) is 0 Å². The Morgan fingerprint density at radius 2 is 2.04 bits per heavy atom. The average Bonchev–Trinajstić information content (AvgIpc) is 2.84. The van der Waals surface area contributed by atoms with Crippen molar-refractivity contribution in [3.05, 3.63) is 23.8 Å². The zero-order valence-electron chi connectivity index (χ0n) is 16.6. The largest absolute Gasteiger partial charge is 0.391 e. The van der Waals surface area contributed by atoms with Crippen LogP contribution >= 0.6 is 11.6 Å². The number of fused-ring (bicyclic) bond motifs is 5. The van der Waals surface area contributed by atoms with Gasteiger partial charge in [-0.1, -0.05) is 32.9 Å². The number of alkyl halides is 1. The number of rotatable bonds is 2. The van der Waals surface area contributed by atoms with Gasteiger partial charge >= 0.3 is 0 Å². The van der Waals surface area contributed by atoms with E-state index in [9.17, 15) is 24.9 Å². The van der Waals surface area contributed by atoms with Crippen LogP contribution in [0.25, 0.3) is 0 Å². The van der Waals surface area contributed by atoms with Crippen molar-refractivity contribution in [3.63, 3.8) is 0 Å². The van der Waals surface area contributed by atoms with Gasteiger partial charge in [0.1, 0.15) is 12.2 Å². The normalized spacial score (nSPS) is 52.5. The van der Waals surface area contributed by atoms with E-state index >= 15 is 0 Å². The first-order valence-corrected chi connectivity index (χ1v) is 10.5. The van der Waals surface area contributed by atoms with Crippen molar-refractivity contribution < 1.29 is 24.9 Å². The van der Waals surface area contributed by atoms with E-state index in [1.807, 2.05) is 32.9 Å². The smallest absolute Gasteiger partial charge is 0.190 e. The minimum atomic E-state index is -1.70. The average molecular weight is 409 g/mol. The first-order chi connectivity index (χ1) is 13.0. The summed E-state index contributed by atoms with van der Waals surface area (Å²) in [5.74, 6) is -1.23.